The molecule has 2 N–H and O–H groups in total. The summed E-state index contributed by atoms with van der Waals surface area (Å²) in [5, 5.41) is 7.47. The molecule has 1 saturated heterocycles. The first-order valence-corrected chi connectivity index (χ1v) is 9.58. The predicted molar refractivity (Wildman–Crippen MR) is 98.3 cm³/mol. The molecule has 1 aliphatic rings. The van der Waals surface area contributed by atoms with Crippen molar-refractivity contribution in [2.75, 3.05) is 25.4 Å². The van der Waals surface area contributed by atoms with E-state index in [-0.39, 0.29) is 0 Å². The average molecular weight is 337 g/mol. The minimum absolute atomic E-state index is 0.569. The predicted octanol–water partition coefficient (Wildman–Crippen LogP) is 2.82. The molecule has 1 fully saturated rings. The molecule has 1 unspecified atom stereocenters. The summed E-state index contributed by atoms with van der Waals surface area (Å²) >= 11 is 2.05. The van der Waals surface area contributed by atoms with E-state index in [0.717, 1.165) is 31.0 Å². The Morgan fingerprint density at radius 2 is 2.35 bits per heavy atom. The van der Waals surface area contributed by atoms with Crippen molar-refractivity contribution in [3.8, 4) is 5.88 Å². The fraction of sp³-hybridized carbons (Fsp3) is 0.647. The Morgan fingerprint density at radius 3 is 3.09 bits per heavy atom. The summed E-state index contributed by atoms with van der Waals surface area (Å²) in [5.41, 5.74) is 1.02. The maximum Gasteiger partial charge on any atom is 0.218 e. The van der Waals surface area contributed by atoms with E-state index in [0.29, 0.717) is 24.3 Å². The Bertz CT molecular complexity index is 489. The number of guanidine groups is 1. The number of nitrogens with one attached hydrogen (secondary N) is 2. The summed E-state index contributed by atoms with van der Waals surface area (Å²) in [4.78, 5) is 8.99. The molecule has 5 nitrogen and oxygen atoms in total. The van der Waals surface area contributed by atoms with E-state index in [4.69, 9.17) is 4.74 Å². The molecule has 0 spiro atoms. The van der Waals surface area contributed by atoms with E-state index in [1.54, 1.807) is 6.20 Å². The Morgan fingerprint density at radius 1 is 1.43 bits per heavy atom. The van der Waals surface area contributed by atoms with Gasteiger partial charge in [-0.3, -0.25) is 0 Å². The van der Waals surface area contributed by atoms with Gasteiger partial charge in [-0.1, -0.05) is 13.0 Å². The highest BCUT2D eigenvalue weighted by Gasteiger charge is 2.15. The monoisotopic (exact) mass is 336 g/mol. The highest BCUT2D eigenvalue weighted by atomic mass is 32.2. The molecule has 1 aromatic rings. The van der Waals surface area contributed by atoms with Crippen molar-refractivity contribution in [3.63, 3.8) is 0 Å². The van der Waals surface area contributed by atoms with Gasteiger partial charge >= 0.3 is 0 Å². The molecule has 0 aromatic carbocycles. The van der Waals surface area contributed by atoms with Crippen molar-refractivity contribution < 1.29 is 4.74 Å². The normalized spacial score (nSPS) is 18.0. The lowest BCUT2D eigenvalue weighted by atomic mass is 10.2. The van der Waals surface area contributed by atoms with E-state index < -0.39 is 0 Å². The van der Waals surface area contributed by atoms with E-state index >= 15 is 0 Å². The van der Waals surface area contributed by atoms with Crippen molar-refractivity contribution in [2.45, 2.75) is 44.9 Å². The second-order valence-electron chi connectivity index (χ2n) is 5.53. The molecule has 23 heavy (non-hydrogen) atoms. The molecule has 1 aliphatic heterocycles. The zero-order chi connectivity index (χ0) is 16.3. The molecule has 6 heteroatoms. The fourth-order valence-corrected chi connectivity index (χ4v) is 3.60. The first-order valence-electron chi connectivity index (χ1n) is 8.54. The van der Waals surface area contributed by atoms with Crippen LogP contribution in [0.5, 0.6) is 5.88 Å². The topological polar surface area (TPSA) is 58.5 Å². The van der Waals surface area contributed by atoms with Gasteiger partial charge in [0.15, 0.2) is 5.96 Å². The minimum Gasteiger partial charge on any atom is -0.477 e. The fourth-order valence-electron chi connectivity index (χ4n) is 2.39. The molecule has 0 bridgehead atoms. The zero-order valence-corrected chi connectivity index (χ0v) is 15.0. The van der Waals surface area contributed by atoms with Crippen LogP contribution in [-0.4, -0.2) is 41.6 Å². The van der Waals surface area contributed by atoms with Crippen LogP contribution in [-0.2, 0) is 6.54 Å². The summed E-state index contributed by atoms with van der Waals surface area (Å²) < 4.78 is 5.70. The molecular weight excluding hydrogens is 308 g/mol. The van der Waals surface area contributed by atoms with Crippen molar-refractivity contribution in [1.29, 1.82) is 0 Å². The van der Waals surface area contributed by atoms with Crippen molar-refractivity contribution >= 4 is 17.7 Å². The van der Waals surface area contributed by atoms with Crippen LogP contribution < -0.4 is 15.4 Å². The Kier molecular flexibility index (Phi) is 8.07. The number of thioether (sulfide) groups is 1. The summed E-state index contributed by atoms with van der Waals surface area (Å²) in [6.07, 6.45) is 5.37. The van der Waals surface area contributed by atoms with Crippen molar-refractivity contribution in [2.24, 2.45) is 4.99 Å². The van der Waals surface area contributed by atoms with Crippen LogP contribution in [0.4, 0.5) is 0 Å². The van der Waals surface area contributed by atoms with Crippen LogP contribution in [0.3, 0.4) is 0 Å². The van der Waals surface area contributed by atoms with E-state index in [1.807, 2.05) is 12.1 Å². The molecule has 2 heterocycles. The molecule has 1 aromatic heterocycles. The van der Waals surface area contributed by atoms with Gasteiger partial charge in [-0.2, -0.15) is 11.8 Å². The molecule has 128 valence electrons. The number of pyridine rings is 1. The number of aliphatic imine (C=N–C) groups is 1. The maximum absolute atomic E-state index is 5.70. The highest BCUT2D eigenvalue weighted by molar-refractivity contribution is 8.00. The third-order valence-electron chi connectivity index (χ3n) is 3.57. The first-order chi connectivity index (χ1) is 11.3. The second kappa shape index (κ2) is 10.4. The molecular formula is C17H28N4OS. The number of hydrogen-bond acceptors (Lipinski definition) is 4. The summed E-state index contributed by atoms with van der Waals surface area (Å²) in [5.74, 6) is 2.85. The van der Waals surface area contributed by atoms with Gasteiger partial charge < -0.3 is 15.4 Å². The lowest BCUT2D eigenvalue weighted by Crippen LogP contribution is -2.40. The van der Waals surface area contributed by atoms with Gasteiger partial charge in [0.05, 0.1) is 13.2 Å². The van der Waals surface area contributed by atoms with Crippen molar-refractivity contribution in [1.82, 2.24) is 15.6 Å². The number of rotatable bonds is 8. The number of nitrogens with zero attached hydrogens (tertiary/aromatic N) is 2. The first kappa shape index (κ1) is 17.9. The molecule has 0 amide bonds. The van der Waals surface area contributed by atoms with Gasteiger partial charge in [0.25, 0.3) is 0 Å². The van der Waals surface area contributed by atoms with Gasteiger partial charge in [-0.15, -0.1) is 0 Å². The van der Waals surface area contributed by atoms with E-state index in [2.05, 4.69) is 46.2 Å². The highest BCUT2D eigenvalue weighted by Crippen LogP contribution is 2.25. The van der Waals surface area contributed by atoms with E-state index in [1.165, 1.54) is 18.6 Å². The van der Waals surface area contributed by atoms with Gasteiger partial charge in [0.2, 0.25) is 5.88 Å². The number of ether oxygens (including phenoxy) is 1. The van der Waals surface area contributed by atoms with Crippen LogP contribution in [0.1, 0.15) is 38.7 Å². The Hall–Kier alpha value is -1.43. The number of hydrogen-bond donors (Lipinski definition) is 2. The lowest BCUT2D eigenvalue weighted by molar-refractivity contribution is 0.302. The van der Waals surface area contributed by atoms with Crippen molar-refractivity contribution in [3.05, 3.63) is 23.9 Å². The smallest absolute Gasteiger partial charge is 0.218 e. The molecule has 0 aliphatic carbocycles. The molecule has 0 radical (unpaired) electrons. The third kappa shape index (κ3) is 6.29. The van der Waals surface area contributed by atoms with Gasteiger partial charge in [-0.25, -0.2) is 9.98 Å². The van der Waals surface area contributed by atoms with Crippen LogP contribution in [0.15, 0.2) is 23.3 Å². The number of aromatic nitrogens is 1. The van der Waals surface area contributed by atoms with Gasteiger partial charge in [0.1, 0.15) is 0 Å². The van der Waals surface area contributed by atoms with Crippen LogP contribution in [0.2, 0.25) is 0 Å². The van der Waals surface area contributed by atoms with Gasteiger partial charge in [-0.05, 0) is 38.0 Å². The minimum atomic E-state index is 0.569. The average Bonchev–Trinajstić information content (AvgIpc) is 3.09. The lowest BCUT2D eigenvalue weighted by Gasteiger charge is -2.15. The second-order valence-corrected chi connectivity index (χ2v) is 6.94. The van der Waals surface area contributed by atoms with Crippen LogP contribution in [0.25, 0.3) is 0 Å². The summed E-state index contributed by atoms with van der Waals surface area (Å²) in [6, 6.07) is 3.96. The maximum atomic E-state index is 5.70. The van der Waals surface area contributed by atoms with E-state index in [9.17, 15) is 0 Å². The third-order valence-corrected chi connectivity index (χ3v) is 4.96. The quantitative estimate of drug-likeness (QED) is 0.565. The van der Waals surface area contributed by atoms with Crippen LogP contribution >= 0.6 is 11.8 Å². The van der Waals surface area contributed by atoms with Gasteiger partial charge in [0, 0.05) is 30.1 Å². The largest absolute Gasteiger partial charge is 0.477 e. The summed E-state index contributed by atoms with van der Waals surface area (Å²) in [6.45, 7) is 7.26. The standard InChI is InChI=1S/C17H28N4OS/c1-3-10-22-16-14(7-5-9-19-16)12-20-17(18-4-2)21-13-15-8-6-11-23-15/h5,7,9,15H,3-4,6,8,10-13H2,1-2H3,(H2,18,20,21). The molecule has 1 atom stereocenters. The molecule has 2 rings (SSSR count). The van der Waals surface area contributed by atoms with Crippen LogP contribution in [0, 0.1) is 0 Å². The Labute approximate surface area is 143 Å². The molecule has 0 saturated carbocycles. The SMILES string of the molecule is CCCOc1ncccc1CN=C(NCC)NCC1CCCS1. The zero-order valence-electron chi connectivity index (χ0n) is 14.2. The summed E-state index contributed by atoms with van der Waals surface area (Å²) in [7, 11) is 0. The Balaban J connectivity index is 1.93.